The molecule has 7 aromatic carbocycles. The van der Waals surface area contributed by atoms with Crippen LogP contribution in [0.15, 0.2) is 152 Å². The van der Waals surface area contributed by atoms with Gasteiger partial charge in [-0.15, -0.1) is 0 Å². The summed E-state index contributed by atoms with van der Waals surface area (Å²) >= 11 is 0. The van der Waals surface area contributed by atoms with Crippen molar-refractivity contribution in [2.24, 2.45) is 0 Å². The van der Waals surface area contributed by atoms with Crippen molar-refractivity contribution in [2.45, 2.75) is 33.1 Å². The standard InChI is InChI=1S/C54H37F6N3/c1-5-47-44(26-34(4)38-16-8-6-14-32(38)2)41-18-10-12-20-48(41)62(47)52-30-43(40-24-23-37(53(55,56)57)29-46(40)54(58,59)60)36(31-61)28-51(52)63-49-21-13-11-19-42(49)45-27-35(22-25-50(45)63)39-17-9-7-15-33(39)3/h5-30H,1H2,2-4H3/b34-26+. The number of benzene rings is 7. The van der Waals surface area contributed by atoms with E-state index < -0.39 is 29.0 Å². The fraction of sp³-hybridized carbons (Fsp3) is 0.0926. The van der Waals surface area contributed by atoms with Crippen LogP contribution in [-0.2, 0) is 12.4 Å². The molecule has 0 unspecified atom stereocenters. The highest BCUT2D eigenvalue weighted by Crippen LogP contribution is 2.46. The summed E-state index contributed by atoms with van der Waals surface area (Å²) in [4.78, 5) is 0. The Morgan fingerprint density at radius 2 is 1.21 bits per heavy atom. The zero-order chi connectivity index (χ0) is 44.4. The highest BCUT2D eigenvalue weighted by Gasteiger charge is 2.39. The first-order chi connectivity index (χ1) is 30.2. The molecule has 0 saturated heterocycles. The summed E-state index contributed by atoms with van der Waals surface area (Å²) in [7, 11) is 0. The Morgan fingerprint density at radius 1 is 0.587 bits per heavy atom. The van der Waals surface area contributed by atoms with Gasteiger partial charge in [-0.25, -0.2) is 0 Å². The second-order valence-electron chi connectivity index (χ2n) is 15.7. The molecule has 3 nitrogen and oxygen atoms in total. The van der Waals surface area contributed by atoms with Crippen LogP contribution in [0.5, 0.6) is 0 Å². The second kappa shape index (κ2) is 15.4. The fourth-order valence-electron chi connectivity index (χ4n) is 8.94. The molecule has 63 heavy (non-hydrogen) atoms. The molecule has 0 spiro atoms. The molecular weight excluding hydrogens is 805 g/mol. The Morgan fingerprint density at radius 3 is 1.87 bits per heavy atom. The van der Waals surface area contributed by atoms with Gasteiger partial charge in [-0.3, -0.25) is 0 Å². The third kappa shape index (κ3) is 6.98. The highest BCUT2D eigenvalue weighted by molar-refractivity contribution is 6.11. The van der Waals surface area contributed by atoms with E-state index >= 15 is 0 Å². The number of para-hydroxylation sites is 2. The zero-order valence-corrected chi connectivity index (χ0v) is 34.3. The number of nitrogens with zero attached hydrogens (tertiary/aromatic N) is 3. The van der Waals surface area contributed by atoms with E-state index in [2.05, 4.69) is 30.9 Å². The molecular formula is C54H37F6N3. The SMILES string of the molecule is C=Cc1c(/C=C(\C)c2ccccc2C)c2ccccc2n1-c1cc(-c2ccc(C(F)(F)F)cc2C(F)(F)F)c(C#N)cc1-n1c2ccccc2c2cc(-c3ccccc3C)ccc21. The summed E-state index contributed by atoms with van der Waals surface area (Å²) in [6, 6.07) is 44.3. The highest BCUT2D eigenvalue weighted by atomic mass is 19.4. The number of aryl methyl sites for hydroxylation is 2. The van der Waals surface area contributed by atoms with Crippen molar-refractivity contribution in [3.8, 4) is 39.7 Å². The predicted molar refractivity (Wildman–Crippen MR) is 243 cm³/mol. The minimum atomic E-state index is -5.19. The molecule has 310 valence electrons. The van der Waals surface area contributed by atoms with Crippen molar-refractivity contribution in [2.75, 3.05) is 0 Å². The lowest BCUT2D eigenvalue weighted by Gasteiger charge is -2.22. The van der Waals surface area contributed by atoms with Crippen LogP contribution in [0.25, 0.3) is 84.1 Å². The van der Waals surface area contributed by atoms with Crippen molar-refractivity contribution in [1.29, 1.82) is 5.26 Å². The molecule has 2 heterocycles. The average molecular weight is 842 g/mol. The summed E-state index contributed by atoms with van der Waals surface area (Å²) in [6.07, 6.45) is -6.47. The van der Waals surface area contributed by atoms with Gasteiger partial charge in [0.05, 0.1) is 56.4 Å². The van der Waals surface area contributed by atoms with Gasteiger partial charge in [0, 0.05) is 27.3 Å². The van der Waals surface area contributed by atoms with E-state index in [-0.39, 0.29) is 17.2 Å². The number of alkyl halides is 6. The van der Waals surface area contributed by atoms with Crippen molar-refractivity contribution >= 4 is 50.4 Å². The number of fused-ring (bicyclic) bond motifs is 4. The van der Waals surface area contributed by atoms with Crippen LogP contribution < -0.4 is 0 Å². The molecule has 2 aromatic heterocycles. The molecule has 9 rings (SSSR count). The second-order valence-corrected chi connectivity index (χ2v) is 15.7. The van der Waals surface area contributed by atoms with Crippen molar-refractivity contribution in [3.05, 3.63) is 197 Å². The summed E-state index contributed by atoms with van der Waals surface area (Å²) in [6.45, 7) is 10.3. The van der Waals surface area contributed by atoms with E-state index in [0.717, 1.165) is 72.2 Å². The monoisotopic (exact) mass is 841 g/mol. The summed E-state index contributed by atoms with van der Waals surface area (Å²) in [5, 5.41) is 13.4. The number of nitriles is 1. The molecule has 0 bridgehead atoms. The molecule has 0 amide bonds. The Hall–Kier alpha value is -7.57. The average Bonchev–Trinajstić information content (AvgIpc) is 3.77. The minimum Gasteiger partial charge on any atom is -0.307 e. The van der Waals surface area contributed by atoms with Crippen LogP contribution in [-0.4, -0.2) is 9.13 Å². The van der Waals surface area contributed by atoms with E-state index in [0.29, 0.717) is 28.7 Å². The topological polar surface area (TPSA) is 33.6 Å². The maximum Gasteiger partial charge on any atom is 0.417 e. The van der Waals surface area contributed by atoms with Crippen LogP contribution in [0, 0.1) is 25.2 Å². The van der Waals surface area contributed by atoms with E-state index in [4.69, 9.17) is 0 Å². The molecule has 0 aliphatic carbocycles. The first-order valence-corrected chi connectivity index (χ1v) is 20.2. The number of allylic oxidation sites excluding steroid dienone is 1. The lowest BCUT2D eigenvalue weighted by Crippen LogP contribution is -2.13. The van der Waals surface area contributed by atoms with Gasteiger partial charge in [0.25, 0.3) is 0 Å². The maximum atomic E-state index is 14.9. The molecule has 9 aromatic rings. The van der Waals surface area contributed by atoms with Gasteiger partial charge >= 0.3 is 12.4 Å². The number of rotatable bonds is 7. The third-order valence-electron chi connectivity index (χ3n) is 11.9. The van der Waals surface area contributed by atoms with Crippen LogP contribution in [0.2, 0.25) is 0 Å². The van der Waals surface area contributed by atoms with Crippen molar-refractivity contribution < 1.29 is 26.3 Å². The van der Waals surface area contributed by atoms with E-state index in [1.165, 1.54) is 6.07 Å². The van der Waals surface area contributed by atoms with Gasteiger partial charge < -0.3 is 9.13 Å². The molecule has 0 atom stereocenters. The molecule has 9 heteroatoms. The zero-order valence-electron chi connectivity index (χ0n) is 34.3. The summed E-state index contributed by atoms with van der Waals surface area (Å²) in [5.41, 5.74) is 6.84. The number of halogens is 6. The Kier molecular flexibility index (Phi) is 9.98. The Bertz CT molecular complexity index is 3390. The van der Waals surface area contributed by atoms with E-state index in [1.54, 1.807) is 12.1 Å². The molecule has 0 aliphatic rings. The van der Waals surface area contributed by atoms with E-state index in [9.17, 15) is 31.6 Å². The summed E-state index contributed by atoms with van der Waals surface area (Å²) < 4.78 is 90.5. The van der Waals surface area contributed by atoms with Crippen LogP contribution in [0.3, 0.4) is 0 Å². The van der Waals surface area contributed by atoms with Crippen LogP contribution >= 0.6 is 0 Å². The van der Waals surface area contributed by atoms with Crippen LogP contribution in [0.1, 0.15) is 51.6 Å². The lowest BCUT2D eigenvalue weighted by molar-refractivity contribution is -0.142. The van der Waals surface area contributed by atoms with Crippen molar-refractivity contribution in [3.63, 3.8) is 0 Å². The van der Waals surface area contributed by atoms with Crippen molar-refractivity contribution in [1.82, 2.24) is 9.13 Å². The lowest BCUT2D eigenvalue weighted by atomic mass is 9.92. The minimum absolute atomic E-state index is 0.112. The van der Waals surface area contributed by atoms with Gasteiger partial charge in [-0.05, 0) is 120 Å². The largest absolute Gasteiger partial charge is 0.417 e. The molecule has 0 N–H and O–H groups in total. The van der Waals surface area contributed by atoms with Gasteiger partial charge in [-0.2, -0.15) is 31.6 Å². The quantitative estimate of drug-likeness (QED) is 0.147. The maximum absolute atomic E-state index is 14.9. The summed E-state index contributed by atoms with van der Waals surface area (Å²) in [5.74, 6) is 0. The number of hydrogen-bond acceptors (Lipinski definition) is 1. The Labute approximate surface area is 359 Å². The molecule has 0 fully saturated rings. The van der Waals surface area contributed by atoms with Gasteiger partial charge in [0.2, 0.25) is 0 Å². The smallest absolute Gasteiger partial charge is 0.307 e. The predicted octanol–water partition coefficient (Wildman–Crippen LogP) is 15.8. The first-order valence-electron chi connectivity index (χ1n) is 20.2. The van der Waals surface area contributed by atoms with Crippen LogP contribution in [0.4, 0.5) is 26.3 Å². The fourth-order valence-corrected chi connectivity index (χ4v) is 8.94. The van der Waals surface area contributed by atoms with Gasteiger partial charge in [0.15, 0.2) is 0 Å². The Balaban J connectivity index is 1.42. The number of aromatic nitrogens is 2. The molecule has 0 aliphatic heterocycles. The third-order valence-corrected chi connectivity index (χ3v) is 11.9. The normalized spacial score (nSPS) is 12.3. The molecule has 0 radical (unpaired) electrons. The number of hydrogen-bond donors (Lipinski definition) is 0. The first kappa shape index (κ1) is 40.8. The van der Waals surface area contributed by atoms with Gasteiger partial charge in [-0.1, -0.05) is 104 Å². The van der Waals surface area contributed by atoms with E-state index in [1.807, 2.05) is 133 Å². The molecule has 0 saturated carbocycles. The van der Waals surface area contributed by atoms with Gasteiger partial charge in [0.1, 0.15) is 0 Å².